The molecule has 1 amide bonds. The first kappa shape index (κ1) is 18.6. The van der Waals surface area contributed by atoms with E-state index in [4.69, 9.17) is 9.15 Å². The number of anilines is 1. The van der Waals surface area contributed by atoms with Crippen molar-refractivity contribution in [3.05, 3.63) is 62.6 Å². The highest BCUT2D eigenvalue weighted by Gasteiger charge is 2.49. The Morgan fingerprint density at radius 1 is 1.25 bits per heavy atom. The summed E-state index contributed by atoms with van der Waals surface area (Å²) in [5, 5.41) is 18.8. The molecule has 0 bridgehead atoms. The molecule has 1 N–H and O–H groups in total. The standard InChI is InChI=1S/C18H12IN3O5S/c1-26-10-4-2-9(3-5-10)15(23)13-14(11-6-7-12(19)27-11)22(17(25)16(13)24)18-21-20-8-28-18/h2-8,14,23H,1H3/b15-13+. The minimum absolute atomic E-state index is 0.0730. The zero-order valence-corrected chi connectivity index (χ0v) is 17.3. The maximum Gasteiger partial charge on any atom is 0.302 e. The summed E-state index contributed by atoms with van der Waals surface area (Å²) >= 11 is 3.10. The third-order valence-electron chi connectivity index (χ3n) is 4.23. The van der Waals surface area contributed by atoms with E-state index in [0.717, 1.165) is 11.3 Å². The van der Waals surface area contributed by atoms with E-state index in [2.05, 4.69) is 10.2 Å². The van der Waals surface area contributed by atoms with Crippen molar-refractivity contribution in [2.24, 2.45) is 0 Å². The molecule has 0 radical (unpaired) electrons. The molecule has 1 aliphatic heterocycles. The molecule has 28 heavy (non-hydrogen) atoms. The van der Waals surface area contributed by atoms with Gasteiger partial charge in [-0.2, -0.15) is 0 Å². The van der Waals surface area contributed by atoms with Gasteiger partial charge >= 0.3 is 5.91 Å². The lowest BCUT2D eigenvalue weighted by Gasteiger charge is -2.20. The van der Waals surface area contributed by atoms with Crippen molar-refractivity contribution < 1.29 is 23.8 Å². The van der Waals surface area contributed by atoms with Crippen LogP contribution < -0.4 is 9.64 Å². The smallest absolute Gasteiger partial charge is 0.302 e. The molecule has 8 nitrogen and oxygen atoms in total. The van der Waals surface area contributed by atoms with E-state index in [1.54, 1.807) is 36.4 Å². The van der Waals surface area contributed by atoms with Gasteiger partial charge in [0, 0.05) is 5.56 Å². The number of carbonyl (C=O) groups is 2. The molecule has 2 aromatic heterocycles. The maximum atomic E-state index is 12.8. The second-order valence-electron chi connectivity index (χ2n) is 5.76. The predicted octanol–water partition coefficient (Wildman–Crippen LogP) is 3.37. The van der Waals surface area contributed by atoms with Gasteiger partial charge in [-0.25, -0.2) is 0 Å². The molecule has 4 rings (SSSR count). The van der Waals surface area contributed by atoms with Crippen molar-refractivity contribution in [3.63, 3.8) is 0 Å². The summed E-state index contributed by atoms with van der Waals surface area (Å²) < 4.78 is 11.4. The SMILES string of the molecule is COc1ccc(/C(O)=C2\C(=O)C(=O)N(c3nncs3)C2c2ccc(I)o2)cc1. The van der Waals surface area contributed by atoms with Gasteiger partial charge in [0.15, 0.2) is 3.77 Å². The van der Waals surface area contributed by atoms with Gasteiger partial charge in [-0.15, -0.1) is 10.2 Å². The molecule has 3 aromatic rings. The Morgan fingerprint density at radius 2 is 2.00 bits per heavy atom. The van der Waals surface area contributed by atoms with Crippen molar-refractivity contribution in [1.29, 1.82) is 0 Å². The molecule has 142 valence electrons. The number of ketones is 1. The zero-order valence-electron chi connectivity index (χ0n) is 14.3. The van der Waals surface area contributed by atoms with Gasteiger partial charge in [0.05, 0.1) is 12.7 Å². The van der Waals surface area contributed by atoms with Crippen LogP contribution in [0.2, 0.25) is 0 Å². The number of nitrogens with zero attached hydrogens (tertiary/aromatic N) is 3. The van der Waals surface area contributed by atoms with Crippen molar-refractivity contribution in [3.8, 4) is 5.75 Å². The number of furan rings is 1. The molecule has 10 heteroatoms. The van der Waals surface area contributed by atoms with E-state index in [0.29, 0.717) is 20.8 Å². The summed E-state index contributed by atoms with van der Waals surface area (Å²) in [6.07, 6.45) is 0. The number of hydrogen-bond donors (Lipinski definition) is 1. The Labute approximate surface area is 176 Å². The average molecular weight is 509 g/mol. The van der Waals surface area contributed by atoms with Crippen LogP contribution in [0.4, 0.5) is 5.13 Å². The fourth-order valence-electron chi connectivity index (χ4n) is 2.95. The van der Waals surface area contributed by atoms with Crippen LogP contribution >= 0.6 is 33.9 Å². The Hall–Kier alpha value is -2.73. The molecule has 0 saturated carbocycles. The lowest BCUT2D eigenvalue weighted by Crippen LogP contribution is -2.29. The normalized spacial score (nSPS) is 18.6. The van der Waals surface area contributed by atoms with Crippen LogP contribution in [0.3, 0.4) is 0 Å². The van der Waals surface area contributed by atoms with Crippen molar-refractivity contribution >= 4 is 56.5 Å². The first-order chi connectivity index (χ1) is 13.5. The lowest BCUT2D eigenvalue weighted by atomic mass is 9.99. The monoisotopic (exact) mass is 509 g/mol. The first-order valence-corrected chi connectivity index (χ1v) is 9.94. The number of benzene rings is 1. The Balaban J connectivity index is 1.90. The molecule has 0 aliphatic carbocycles. The summed E-state index contributed by atoms with van der Waals surface area (Å²) in [5.74, 6) is -0.982. The third-order valence-corrected chi connectivity index (χ3v) is 5.49. The molecule has 1 fully saturated rings. The first-order valence-electron chi connectivity index (χ1n) is 7.98. The summed E-state index contributed by atoms with van der Waals surface area (Å²) in [6.45, 7) is 0. The second kappa shape index (κ2) is 7.36. The molecule has 1 atom stereocenters. The molecular weight excluding hydrogens is 497 g/mol. The number of halogens is 1. The van der Waals surface area contributed by atoms with Gasteiger partial charge in [-0.3, -0.25) is 14.5 Å². The van der Waals surface area contributed by atoms with E-state index in [9.17, 15) is 14.7 Å². The van der Waals surface area contributed by atoms with E-state index in [1.165, 1.54) is 17.5 Å². The van der Waals surface area contributed by atoms with Gasteiger partial charge in [-0.1, -0.05) is 11.3 Å². The molecule has 0 spiro atoms. The van der Waals surface area contributed by atoms with Crippen molar-refractivity contribution in [2.45, 2.75) is 6.04 Å². The molecule has 1 aliphatic rings. The van der Waals surface area contributed by atoms with Gasteiger partial charge in [0.2, 0.25) is 5.13 Å². The molecule has 3 heterocycles. The molecule has 1 aromatic carbocycles. The average Bonchev–Trinajstić information content (AvgIpc) is 3.43. The highest BCUT2D eigenvalue weighted by molar-refractivity contribution is 14.1. The largest absolute Gasteiger partial charge is 0.507 e. The number of Topliss-reactive ketones (excluding diaryl/α,β-unsaturated/α-hetero) is 1. The number of amides is 1. The van der Waals surface area contributed by atoms with Crippen molar-refractivity contribution in [1.82, 2.24) is 10.2 Å². The number of carbonyl (C=O) groups excluding carboxylic acids is 2. The van der Waals surface area contributed by atoms with Crippen LogP contribution in [0.5, 0.6) is 5.75 Å². The second-order valence-corrected chi connectivity index (χ2v) is 7.64. The minimum Gasteiger partial charge on any atom is -0.507 e. The molecular formula is C18H12IN3O5S. The number of ether oxygens (including phenoxy) is 1. The predicted molar refractivity (Wildman–Crippen MR) is 109 cm³/mol. The third kappa shape index (κ3) is 3.07. The number of aromatic nitrogens is 2. The number of methoxy groups -OCH3 is 1. The van der Waals surface area contributed by atoms with Crippen LogP contribution in [-0.4, -0.2) is 34.1 Å². The summed E-state index contributed by atoms with van der Waals surface area (Å²) in [7, 11) is 1.53. The summed E-state index contributed by atoms with van der Waals surface area (Å²) in [5.41, 5.74) is 1.76. The van der Waals surface area contributed by atoms with E-state index in [1.807, 2.05) is 22.6 Å². The fraction of sp³-hybridized carbons (Fsp3) is 0.111. The number of rotatable bonds is 4. The van der Waals surface area contributed by atoms with Crippen LogP contribution in [-0.2, 0) is 9.59 Å². The lowest BCUT2D eigenvalue weighted by molar-refractivity contribution is -0.132. The van der Waals surface area contributed by atoms with Gasteiger partial charge in [0.25, 0.3) is 5.78 Å². The number of aliphatic hydroxyl groups is 1. The van der Waals surface area contributed by atoms with Crippen LogP contribution in [0.1, 0.15) is 17.4 Å². The van der Waals surface area contributed by atoms with E-state index in [-0.39, 0.29) is 16.5 Å². The number of hydrogen-bond acceptors (Lipinski definition) is 8. The summed E-state index contributed by atoms with van der Waals surface area (Å²) in [4.78, 5) is 26.8. The van der Waals surface area contributed by atoms with E-state index >= 15 is 0 Å². The van der Waals surface area contributed by atoms with E-state index < -0.39 is 17.7 Å². The zero-order chi connectivity index (χ0) is 19.8. The molecule has 1 saturated heterocycles. The van der Waals surface area contributed by atoms with Gasteiger partial charge in [0.1, 0.15) is 28.8 Å². The topological polar surface area (TPSA) is 106 Å². The van der Waals surface area contributed by atoms with Gasteiger partial charge in [-0.05, 0) is 59.0 Å². The number of aliphatic hydroxyl groups excluding tert-OH is 1. The van der Waals surface area contributed by atoms with Crippen LogP contribution in [0, 0.1) is 3.77 Å². The molecule has 1 unspecified atom stereocenters. The fourth-order valence-corrected chi connectivity index (χ4v) is 3.97. The van der Waals surface area contributed by atoms with Crippen molar-refractivity contribution in [2.75, 3.05) is 12.0 Å². The Kier molecular flexibility index (Phi) is 4.89. The maximum absolute atomic E-state index is 12.8. The highest BCUT2D eigenvalue weighted by Crippen LogP contribution is 2.43. The summed E-state index contributed by atoms with van der Waals surface area (Å²) in [6, 6.07) is 8.95. The Bertz CT molecular complexity index is 1080. The quantitative estimate of drug-likeness (QED) is 0.249. The van der Waals surface area contributed by atoms with Crippen LogP contribution in [0.25, 0.3) is 5.76 Å². The Morgan fingerprint density at radius 3 is 2.57 bits per heavy atom. The van der Waals surface area contributed by atoms with Crippen LogP contribution in [0.15, 0.2) is 51.9 Å². The van der Waals surface area contributed by atoms with Gasteiger partial charge < -0.3 is 14.3 Å². The highest BCUT2D eigenvalue weighted by atomic mass is 127. The minimum atomic E-state index is -0.946.